The van der Waals surface area contributed by atoms with Crippen molar-refractivity contribution in [3.8, 4) is 17.1 Å². The number of carbonyl (C=O) groups excluding carboxylic acids is 1. The number of carbonyl (C=O) groups is 1. The lowest BCUT2D eigenvalue weighted by atomic mass is 9.58. The number of ether oxygens (including phenoxy) is 2. The molecule has 1 amide bonds. The predicted octanol–water partition coefficient (Wildman–Crippen LogP) is 5.74. The molecule has 1 aliphatic carbocycles. The van der Waals surface area contributed by atoms with Gasteiger partial charge in [-0.15, -0.1) is 10.2 Å². The first-order chi connectivity index (χ1) is 15.1. The van der Waals surface area contributed by atoms with Crippen molar-refractivity contribution >= 4 is 17.7 Å². The summed E-state index contributed by atoms with van der Waals surface area (Å²) in [6.07, 6.45) is 3.99. The van der Waals surface area contributed by atoms with E-state index in [2.05, 4.69) is 10.2 Å². The Kier molecular flexibility index (Phi) is 6.30. The number of benzene rings is 1. The van der Waals surface area contributed by atoms with Crippen molar-refractivity contribution in [2.75, 3.05) is 19.7 Å². The van der Waals surface area contributed by atoms with Gasteiger partial charge in [-0.25, -0.2) is 9.18 Å². The number of aromatic nitrogens is 2. The first-order valence-corrected chi connectivity index (χ1v) is 11.4. The van der Waals surface area contributed by atoms with Crippen molar-refractivity contribution in [1.29, 1.82) is 0 Å². The minimum Gasteiger partial charge on any atom is -0.476 e. The van der Waals surface area contributed by atoms with Crippen molar-refractivity contribution in [2.24, 2.45) is 11.3 Å². The van der Waals surface area contributed by atoms with Gasteiger partial charge in [0.15, 0.2) is 0 Å². The zero-order chi connectivity index (χ0) is 22.9. The Morgan fingerprint density at radius 1 is 1.19 bits per heavy atom. The Bertz CT molecular complexity index is 961. The number of piperidine rings is 1. The predicted molar refractivity (Wildman–Crippen MR) is 120 cm³/mol. The molecule has 0 bridgehead atoms. The zero-order valence-electron chi connectivity index (χ0n) is 18.7. The molecule has 0 atom stereocenters. The van der Waals surface area contributed by atoms with Gasteiger partial charge in [0, 0.05) is 24.7 Å². The molecule has 1 aromatic heterocycles. The topological polar surface area (TPSA) is 64.5 Å². The van der Waals surface area contributed by atoms with Gasteiger partial charge in [0.1, 0.15) is 11.4 Å². The number of hydrogen-bond donors (Lipinski definition) is 0. The van der Waals surface area contributed by atoms with Gasteiger partial charge >= 0.3 is 6.09 Å². The molecule has 0 N–H and O–H groups in total. The molecule has 2 fully saturated rings. The van der Waals surface area contributed by atoms with Gasteiger partial charge in [-0.1, -0.05) is 11.6 Å². The molecule has 4 rings (SSSR count). The number of halogens is 2. The van der Waals surface area contributed by atoms with Crippen LogP contribution in [0.1, 0.15) is 46.5 Å². The maximum atomic E-state index is 13.5. The number of nitrogens with zero attached hydrogens (tertiary/aromatic N) is 3. The van der Waals surface area contributed by atoms with Crippen LogP contribution in [0.4, 0.5) is 9.18 Å². The average Bonchev–Trinajstić information content (AvgIpc) is 2.72. The monoisotopic (exact) mass is 461 g/mol. The van der Waals surface area contributed by atoms with E-state index in [1.807, 2.05) is 25.7 Å². The number of likely N-dealkylation sites (tertiary alicyclic amines) is 1. The van der Waals surface area contributed by atoms with Gasteiger partial charge in [0.2, 0.25) is 5.88 Å². The second kappa shape index (κ2) is 8.85. The fourth-order valence-corrected chi connectivity index (χ4v) is 4.83. The highest BCUT2D eigenvalue weighted by molar-refractivity contribution is 6.33. The van der Waals surface area contributed by atoms with E-state index in [0.717, 1.165) is 38.8 Å². The van der Waals surface area contributed by atoms with Crippen LogP contribution in [0.5, 0.6) is 5.88 Å². The summed E-state index contributed by atoms with van der Waals surface area (Å²) in [5.41, 5.74) is 0.858. The lowest BCUT2D eigenvalue weighted by molar-refractivity contribution is -0.0385. The molecule has 0 unspecified atom stereocenters. The van der Waals surface area contributed by atoms with E-state index in [1.54, 1.807) is 12.1 Å². The van der Waals surface area contributed by atoms with E-state index >= 15 is 0 Å². The van der Waals surface area contributed by atoms with Gasteiger partial charge in [0.25, 0.3) is 0 Å². The first kappa shape index (κ1) is 22.8. The third-order valence-corrected chi connectivity index (χ3v) is 6.56. The molecule has 172 valence electrons. The van der Waals surface area contributed by atoms with Crippen molar-refractivity contribution in [3.63, 3.8) is 0 Å². The molecular formula is C24H29ClFN3O3. The van der Waals surface area contributed by atoms with Gasteiger partial charge in [-0.2, -0.15) is 0 Å². The largest absolute Gasteiger partial charge is 0.476 e. The minimum absolute atomic E-state index is 0.215. The lowest BCUT2D eigenvalue weighted by Gasteiger charge is -2.52. The maximum Gasteiger partial charge on any atom is 0.410 e. The molecule has 32 heavy (non-hydrogen) atoms. The van der Waals surface area contributed by atoms with Crippen LogP contribution in [-0.2, 0) is 4.74 Å². The van der Waals surface area contributed by atoms with Crippen molar-refractivity contribution in [2.45, 2.75) is 52.1 Å². The van der Waals surface area contributed by atoms with Crippen molar-refractivity contribution in [1.82, 2.24) is 15.1 Å². The Morgan fingerprint density at radius 3 is 2.53 bits per heavy atom. The standard InChI is InChI=1S/C24H29ClFN3O3/c1-23(2,3)32-22(30)29-10-8-24(9-11-29)13-16(14-24)15-31-21-7-6-20(27-28-21)18-12-17(26)4-5-19(18)25/h4-7,12,16H,8-11,13-15H2,1-3H3. The SMILES string of the molecule is CC(C)(C)OC(=O)N1CCC2(CC1)CC(COc1ccc(-c3cc(F)ccc3Cl)nn1)C2. The second-order valence-corrected chi connectivity index (χ2v) is 10.3. The van der Waals surface area contributed by atoms with Crippen molar-refractivity contribution < 1.29 is 18.7 Å². The Labute approximate surface area is 193 Å². The van der Waals surface area contributed by atoms with Gasteiger partial charge < -0.3 is 14.4 Å². The summed E-state index contributed by atoms with van der Waals surface area (Å²) < 4.78 is 24.8. The first-order valence-electron chi connectivity index (χ1n) is 11.0. The summed E-state index contributed by atoms with van der Waals surface area (Å²) in [6, 6.07) is 7.62. The Morgan fingerprint density at radius 2 is 1.91 bits per heavy atom. The molecule has 1 spiro atoms. The van der Waals surface area contributed by atoms with Crippen LogP contribution in [0.25, 0.3) is 11.3 Å². The van der Waals surface area contributed by atoms with Gasteiger partial charge in [-0.3, -0.25) is 0 Å². The highest BCUT2D eigenvalue weighted by atomic mass is 35.5. The Hall–Kier alpha value is -2.41. The molecule has 1 saturated heterocycles. The van der Waals surface area contributed by atoms with Crippen LogP contribution in [0.3, 0.4) is 0 Å². The highest BCUT2D eigenvalue weighted by Crippen LogP contribution is 2.52. The number of rotatable bonds is 4. The summed E-state index contributed by atoms with van der Waals surface area (Å²) in [5.74, 6) is 0.548. The van der Waals surface area contributed by atoms with Crippen LogP contribution in [0.2, 0.25) is 5.02 Å². The quantitative estimate of drug-likeness (QED) is 0.580. The normalized spacial score (nSPS) is 18.3. The minimum atomic E-state index is -0.463. The maximum absolute atomic E-state index is 13.5. The van der Waals surface area contributed by atoms with Crippen LogP contribution in [0.15, 0.2) is 30.3 Å². The zero-order valence-corrected chi connectivity index (χ0v) is 19.5. The van der Waals surface area contributed by atoms with E-state index in [4.69, 9.17) is 21.1 Å². The fraction of sp³-hybridized carbons (Fsp3) is 0.542. The Balaban J connectivity index is 1.23. The van der Waals surface area contributed by atoms with Crippen LogP contribution >= 0.6 is 11.6 Å². The molecule has 8 heteroatoms. The lowest BCUT2D eigenvalue weighted by Crippen LogP contribution is -2.50. The van der Waals surface area contributed by atoms with Gasteiger partial charge in [-0.05, 0) is 82.1 Å². The summed E-state index contributed by atoms with van der Waals surface area (Å²) >= 11 is 6.13. The molecule has 2 aromatic rings. The number of hydrogen-bond acceptors (Lipinski definition) is 5. The second-order valence-electron chi connectivity index (χ2n) is 9.93. The molecule has 1 aromatic carbocycles. The molecule has 2 aliphatic rings. The highest BCUT2D eigenvalue weighted by Gasteiger charge is 2.46. The van der Waals surface area contributed by atoms with Crippen LogP contribution < -0.4 is 4.74 Å². The molecule has 1 aliphatic heterocycles. The van der Waals surface area contributed by atoms with E-state index in [-0.39, 0.29) is 11.9 Å². The van der Waals surface area contributed by atoms with E-state index < -0.39 is 5.60 Å². The summed E-state index contributed by atoms with van der Waals surface area (Å²) in [4.78, 5) is 14.1. The smallest absolute Gasteiger partial charge is 0.410 e. The van der Waals surface area contributed by atoms with Gasteiger partial charge in [0.05, 0.1) is 17.3 Å². The third kappa shape index (κ3) is 5.31. The van der Waals surface area contributed by atoms with Crippen molar-refractivity contribution in [3.05, 3.63) is 41.2 Å². The molecule has 6 nitrogen and oxygen atoms in total. The van der Waals surface area contributed by atoms with E-state index in [9.17, 15) is 9.18 Å². The summed E-state index contributed by atoms with van der Waals surface area (Å²) in [7, 11) is 0. The summed E-state index contributed by atoms with van der Waals surface area (Å²) in [6.45, 7) is 7.76. The fourth-order valence-electron chi connectivity index (χ4n) is 4.62. The van der Waals surface area contributed by atoms with Crippen LogP contribution in [-0.4, -0.2) is 46.5 Å². The third-order valence-electron chi connectivity index (χ3n) is 6.23. The number of amides is 1. The summed E-state index contributed by atoms with van der Waals surface area (Å²) in [5, 5.41) is 8.66. The van der Waals surface area contributed by atoms with E-state index in [1.165, 1.54) is 18.2 Å². The van der Waals surface area contributed by atoms with E-state index in [0.29, 0.717) is 40.1 Å². The van der Waals surface area contributed by atoms with Crippen LogP contribution in [0, 0.1) is 17.2 Å². The molecule has 2 heterocycles. The molecular weight excluding hydrogens is 433 g/mol. The molecule has 1 saturated carbocycles. The molecule has 0 radical (unpaired) electrons. The average molecular weight is 462 g/mol.